The first-order chi connectivity index (χ1) is 9.17. The van der Waals surface area contributed by atoms with Gasteiger partial charge in [0, 0.05) is 24.4 Å². The summed E-state index contributed by atoms with van der Waals surface area (Å²) < 4.78 is 19.3. The highest BCUT2D eigenvalue weighted by molar-refractivity contribution is 5.69. The monoisotopic (exact) mass is 260 g/mol. The maximum Gasteiger partial charge on any atom is 0.149 e. The Morgan fingerprint density at radius 2 is 1.89 bits per heavy atom. The van der Waals surface area contributed by atoms with Crippen LogP contribution in [0.1, 0.15) is 6.92 Å². The van der Waals surface area contributed by atoms with Crippen LogP contribution >= 0.6 is 0 Å². The molecule has 2 N–H and O–H groups in total. The van der Waals surface area contributed by atoms with Crippen LogP contribution in [0.4, 0.5) is 21.5 Å². The van der Waals surface area contributed by atoms with E-state index in [0.717, 1.165) is 5.69 Å². The SMILES string of the molecule is CCN(c1ccccc1)c1cc(OC)c(N)cc1F. The largest absolute Gasteiger partial charge is 0.495 e. The summed E-state index contributed by atoms with van der Waals surface area (Å²) in [7, 11) is 1.52. The van der Waals surface area contributed by atoms with Gasteiger partial charge in [-0.25, -0.2) is 4.39 Å². The summed E-state index contributed by atoms with van der Waals surface area (Å²) >= 11 is 0. The van der Waals surface area contributed by atoms with E-state index in [9.17, 15) is 4.39 Å². The number of para-hydroxylation sites is 1. The summed E-state index contributed by atoms with van der Waals surface area (Å²) in [6.07, 6.45) is 0. The van der Waals surface area contributed by atoms with Gasteiger partial charge in [-0.15, -0.1) is 0 Å². The second-order valence-corrected chi connectivity index (χ2v) is 4.13. The number of halogens is 1. The summed E-state index contributed by atoms with van der Waals surface area (Å²) in [4.78, 5) is 1.87. The molecule has 0 fully saturated rings. The molecule has 19 heavy (non-hydrogen) atoms. The lowest BCUT2D eigenvalue weighted by atomic mass is 10.2. The van der Waals surface area contributed by atoms with Crippen molar-refractivity contribution in [3.63, 3.8) is 0 Å². The van der Waals surface area contributed by atoms with Crippen molar-refractivity contribution >= 4 is 17.1 Å². The quantitative estimate of drug-likeness (QED) is 0.854. The molecule has 4 heteroatoms. The Morgan fingerprint density at radius 3 is 2.47 bits per heavy atom. The van der Waals surface area contributed by atoms with Gasteiger partial charge in [0.05, 0.1) is 18.5 Å². The van der Waals surface area contributed by atoms with Crippen molar-refractivity contribution in [2.75, 3.05) is 24.3 Å². The fourth-order valence-electron chi connectivity index (χ4n) is 2.04. The molecule has 0 aliphatic heterocycles. The van der Waals surface area contributed by atoms with E-state index in [2.05, 4.69) is 0 Å². The standard InChI is InChI=1S/C15H17FN2O/c1-3-18(11-7-5-4-6-8-11)14-10-15(19-2)13(17)9-12(14)16/h4-10H,3,17H2,1-2H3. The smallest absolute Gasteiger partial charge is 0.149 e. The van der Waals surface area contributed by atoms with E-state index in [1.807, 2.05) is 42.2 Å². The molecule has 0 saturated heterocycles. The van der Waals surface area contributed by atoms with Gasteiger partial charge in [0.25, 0.3) is 0 Å². The van der Waals surface area contributed by atoms with Gasteiger partial charge in [-0.05, 0) is 19.1 Å². The molecule has 0 unspecified atom stereocenters. The van der Waals surface area contributed by atoms with Crippen molar-refractivity contribution in [3.8, 4) is 5.75 Å². The van der Waals surface area contributed by atoms with Crippen LogP contribution < -0.4 is 15.4 Å². The third-order valence-corrected chi connectivity index (χ3v) is 2.97. The lowest BCUT2D eigenvalue weighted by molar-refractivity contribution is 0.416. The summed E-state index contributed by atoms with van der Waals surface area (Å²) in [6.45, 7) is 2.61. The molecule has 0 radical (unpaired) electrons. The highest BCUT2D eigenvalue weighted by atomic mass is 19.1. The summed E-state index contributed by atoms with van der Waals surface area (Å²) in [5, 5.41) is 0. The minimum absolute atomic E-state index is 0.299. The van der Waals surface area contributed by atoms with Gasteiger partial charge < -0.3 is 15.4 Å². The highest BCUT2D eigenvalue weighted by Crippen LogP contribution is 2.34. The highest BCUT2D eigenvalue weighted by Gasteiger charge is 2.15. The minimum atomic E-state index is -0.357. The van der Waals surface area contributed by atoms with Crippen molar-refractivity contribution < 1.29 is 9.13 Å². The van der Waals surface area contributed by atoms with Crippen LogP contribution in [0.2, 0.25) is 0 Å². The Bertz CT molecular complexity index is 558. The molecule has 0 spiro atoms. The van der Waals surface area contributed by atoms with Crippen LogP contribution in [0.5, 0.6) is 5.75 Å². The molecule has 0 amide bonds. The van der Waals surface area contributed by atoms with Crippen molar-refractivity contribution in [2.24, 2.45) is 0 Å². The minimum Gasteiger partial charge on any atom is -0.495 e. The van der Waals surface area contributed by atoms with E-state index in [-0.39, 0.29) is 5.82 Å². The second kappa shape index (κ2) is 5.61. The number of ether oxygens (including phenoxy) is 1. The molecule has 100 valence electrons. The molecule has 2 aromatic carbocycles. The Morgan fingerprint density at radius 1 is 1.21 bits per heavy atom. The van der Waals surface area contributed by atoms with E-state index in [1.165, 1.54) is 13.2 Å². The molecule has 0 saturated carbocycles. The molecule has 0 heterocycles. The number of benzene rings is 2. The Kier molecular flexibility index (Phi) is 3.90. The fraction of sp³-hybridized carbons (Fsp3) is 0.200. The first-order valence-electron chi connectivity index (χ1n) is 6.13. The molecular formula is C15H17FN2O. The third-order valence-electron chi connectivity index (χ3n) is 2.97. The van der Waals surface area contributed by atoms with Gasteiger partial charge in [0.2, 0.25) is 0 Å². The summed E-state index contributed by atoms with van der Waals surface area (Å²) in [5.41, 5.74) is 7.38. The van der Waals surface area contributed by atoms with Crippen LogP contribution in [-0.2, 0) is 0 Å². The van der Waals surface area contributed by atoms with Crippen molar-refractivity contribution in [3.05, 3.63) is 48.3 Å². The lowest BCUT2D eigenvalue weighted by Gasteiger charge is -2.24. The van der Waals surface area contributed by atoms with Gasteiger partial charge in [-0.3, -0.25) is 0 Å². The van der Waals surface area contributed by atoms with Gasteiger partial charge in [0.1, 0.15) is 11.6 Å². The Balaban J connectivity index is 2.50. The molecule has 0 atom stereocenters. The lowest BCUT2D eigenvalue weighted by Crippen LogP contribution is -2.17. The Labute approximate surface area is 112 Å². The number of anilines is 3. The van der Waals surface area contributed by atoms with Crippen molar-refractivity contribution in [1.82, 2.24) is 0 Å². The van der Waals surface area contributed by atoms with E-state index in [1.54, 1.807) is 6.07 Å². The van der Waals surface area contributed by atoms with Crippen LogP contribution in [-0.4, -0.2) is 13.7 Å². The number of hydrogen-bond acceptors (Lipinski definition) is 3. The zero-order valence-electron chi connectivity index (χ0n) is 11.1. The number of methoxy groups -OCH3 is 1. The van der Waals surface area contributed by atoms with Gasteiger partial charge >= 0.3 is 0 Å². The summed E-state index contributed by atoms with van der Waals surface area (Å²) in [5.74, 6) is 0.120. The number of nitrogens with zero attached hydrogens (tertiary/aromatic N) is 1. The Hall–Kier alpha value is -2.23. The molecule has 0 aromatic heterocycles. The van der Waals surface area contributed by atoms with Gasteiger partial charge in [0.15, 0.2) is 0 Å². The first-order valence-corrected chi connectivity index (χ1v) is 6.13. The molecule has 2 aromatic rings. The molecule has 0 aliphatic carbocycles. The molecule has 3 nitrogen and oxygen atoms in total. The van der Waals surface area contributed by atoms with E-state index >= 15 is 0 Å². The maximum atomic E-state index is 14.1. The average Bonchev–Trinajstić information content (AvgIpc) is 2.43. The van der Waals surface area contributed by atoms with Crippen LogP contribution in [0.3, 0.4) is 0 Å². The third kappa shape index (κ3) is 2.62. The van der Waals surface area contributed by atoms with Crippen molar-refractivity contribution in [2.45, 2.75) is 6.92 Å². The summed E-state index contributed by atoms with van der Waals surface area (Å²) in [6, 6.07) is 12.6. The predicted molar refractivity (Wildman–Crippen MR) is 76.5 cm³/mol. The van der Waals surface area contributed by atoms with E-state index < -0.39 is 0 Å². The molecule has 2 rings (SSSR count). The van der Waals surface area contributed by atoms with Gasteiger partial charge in [-0.1, -0.05) is 18.2 Å². The number of nitrogens with two attached hydrogens (primary N) is 1. The van der Waals surface area contributed by atoms with E-state index in [4.69, 9.17) is 10.5 Å². The van der Waals surface area contributed by atoms with Crippen molar-refractivity contribution in [1.29, 1.82) is 0 Å². The fourth-order valence-corrected chi connectivity index (χ4v) is 2.04. The van der Waals surface area contributed by atoms with E-state index in [0.29, 0.717) is 23.7 Å². The van der Waals surface area contributed by atoms with Gasteiger partial charge in [-0.2, -0.15) is 0 Å². The predicted octanol–water partition coefficient (Wildman–Crippen LogP) is 3.57. The van der Waals surface area contributed by atoms with Crippen LogP contribution in [0.15, 0.2) is 42.5 Å². The molecule has 0 aliphatic rings. The van der Waals surface area contributed by atoms with Crippen LogP contribution in [0.25, 0.3) is 0 Å². The number of nitrogen functional groups attached to an aromatic ring is 1. The normalized spacial score (nSPS) is 10.3. The van der Waals surface area contributed by atoms with Crippen LogP contribution in [0, 0.1) is 5.82 Å². The molecular weight excluding hydrogens is 243 g/mol. The zero-order valence-corrected chi connectivity index (χ0v) is 11.1. The zero-order chi connectivity index (χ0) is 13.8. The number of hydrogen-bond donors (Lipinski definition) is 1. The number of rotatable bonds is 4. The second-order valence-electron chi connectivity index (χ2n) is 4.13. The first kappa shape index (κ1) is 13.2. The molecule has 0 bridgehead atoms. The maximum absolute atomic E-state index is 14.1. The average molecular weight is 260 g/mol. The topological polar surface area (TPSA) is 38.5 Å².